The molecule has 1 saturated heterocycles. The Labute approximate surface area is 165 Å². The van der Waals surface area contributed by atoms with E-state index < -0.39 is 5.97 Å². The highest BCUT2D eigenvalue weighted by atomic mass is 16.5. The summed E-state index contributed by atoms with van der Waals surface area (Å²) in [6.45, 7) is 5.07. The lowest BCUT2D eigenvalue weighted by Gasteiger charge is -2.35. The average molecular weight is 382 g/mol. The molecule has 7 heteroatoms. The smallest absolute Gasteiger partial charge is 0.340 e. The minimum absolute atomic E-state index is 0.268. The minimum atomic E-state index is -0.471. The lowest BCUT2D eigenvalue weighted by atomic mass is 10.0. The Balaban J connectivity index is 1.80. The molecule has 1 aromatic heterocycles. The summed E-state index contributed by atoms with van der Waals surface area (Å²) in [5.74, 6) is -0.274. The molecule has 1 aliphatic heterocycles. The van der Waals surface area contributed by atoms with Gasteiger partial charge in [-0.2, -0.15) is 0 Å². The molecule has 7 nitrogen and oxygen atoms in total. The van der Waals surface area contributed by atoms with Crippen LogP contribution in [0.5, 0.6) is 0 Å². The fourth-order valence-electron chi connectivity index (χ4n) is 3.47. The van der Waals surface area contributed by atoms with Crippen LogP contribution in [-0.4, -0.2) is 41.0 Å². The van der Waals surface area contributed by atoms with Gasteiger partial charge in [-0.15, -0.1) is 0 Å². The maximum absolute atomic E-state index is 12.8. The molecule has 0 aliphatic carbocycles. The number of carbonyl (C=O) groups is 2. The summed E-state index contributed by atoms with van der Waals surface area (Å²) in [4.78, 5) is 35.9. The molecule has 1 atom stereocenters. The monoisotopic (exact) mass is 382 g/mol. The summed E-state index contributed by atoms with van der Waals surface area (Å²) >= 11 is 0. The predicted molar refractivity (Wildman–Crippen MR) is 108 cm³/mol. The SMILES string of the molecule is CCOC(=O)c1ccccc1NC(=O)c1ccnc(N2CCCCC2CC)n1. The minimum Gasteiger partial charge on any atom is -0.462 e. The number of rotatable bonds is 6. The Morgan fingerprint density at radius 2 is 2.04 bits per heavy atom. The van der Waals surface area contributed by atoms with Gasteiger partial charge in [-0.1, -0.05) is 19.1 Å². The lowest BCUT2D eigenvalue weighted by molar-refractivity contribution is 0.0527. The van der Waals surface area contributed by atoms with Crippen molar-refractivity contribution in [1.29, 1.82) is 0 Å². The first-order chi connectivity index (χ1) is 13.6. The van der Waals surface area contributed by atoms with E-state index in [9.17, 15) is 9.59 Å². The van der Waals surface area contributed by atoms with Crippen LogP contribution in [0.3, 0.4) is 0 Å². The van der Waals surface area contributed by atoms with Crippen molar-refractivity contribution in [2.24, 2.45) is 0 Å². The number of piperidine rings is 1. The van der Waals surface area contributed by atoms with Crippen molar-refractivity contribution in [3.8, 4) is 0 Å². The lowest BCUT2D eigenvalue weighted by Crippen LogP contribution is -2.40. The molecule has 1 amide bonds. The number of carbonyl (C=O) groups excluding carboxylic acids is 2. The summed E-state index contributed by atoms with van der Waals surface area (Å²) in [5.41, 5.74) is 0.980. The van der Waals surface area contributed by atoms with Gasteiger partial charge in [0, 0.05) is 18.8 Å². The molecule has 0 saturated carbocycles. The third-order valence-electron chi connectivity index (χ3n) is 4.90. The third kappa shape index (κ3) is 4.47. The Morgan fingerprint density at radius 3 is 2.82 bits per heavy atom. The maximum Gasteiger partial charge on any atom is 0.340 e. The van der Waals surface area contributed by atoms with Crippen LogP contribution in [-0.2, 0) is 4.74 Å². The van der Waals surface area contributed by atoms with Gasteiger partial charge < -0.3 is 15.0 Å². The van der Waals surface area contributed by atoms with E-state index >= 15 is 0 Å². The number of aromatic nitrogens is 2. The number of anilines is 2. The molecule has 1 aliphatic rings. The maximum atomic E-state index is 12.8. The first-order valence-corrected chi connectivity index (χ1v) is 9.81. The second-order valence-corrected chi connectivity index (χ2v) is 6.71. The van der Waals surface area contributed by atoms with Crippen LogP contribution in [0, 0.1) is 0 Å². The highest BCUT2D eigenvalue weighted by molar-refractivity contribution is 6.07. The van der Waals surface area contributed by atoms with Gasteiger partial charge >= 0.3 is 5.97 Å². The molecule has 0 radical (unpaired) electrons. The predicted octanol–water partition coefficient (Wildman–Crippen LogP) is 3.67. The van der Waals surface area contributed by atoms with Gasteiger partial charge in [0.25, 0.3) is 5.91 Å². The number of para-hydroxylation sites is 1. The van der Waals surface area contributed by atoms with E-state index in [4.69, 9.17) is 4.74 Å². The first-order valence-electron chi connectivity index (χ1n) is 9.81. The van der Waals surface area contributed by atoms with Crippen molar-refractivity contribution in [1.82, 2.24) is 9.97 Å². The Kier molecular flexibility index (Phi) is 6.57. The van der Waals surface area contributed by atoms with Crippen molar-refractivity contribution in [2.75, 3.05) is 23.4 Å². The summed E-state index contributed by atoms with van der Waals surface area (Å²) < 4.78 is 5.06. The van der Waals surface area contributed by atoms with Crippen LogP contribution in [0.25, 0.3) is 0 Å². The summed E-state index contributed by atoms with van der Waals surface area (Å²) in [7, 11) is 0. The number of esters is 1. The van der Waals surface area contributed by atoms with Crippen molar-refractivity contribution in [3.63, 3.8) is 0 Å². The second kappa shape index (κ2) is 9.30. The number of hydrogen-bond acceptors (Lipinski definition) is 6. The van der Waals surface area contributed by atoms with Crippen LogP contribution in [0.15, 0.2) is 36.5 Å². The molecule has 0 spiro atoms. The normalized spacial score (nSPS) is 16.5. The van der Waals surface area contributed by atoms with E-state index in [2.05, 4.69) is 27.1 Å². The fraction of sp³-hybridized carbons (Fsp3) is 0.429. The molecule has 1 aromatic carbocycles. The van der Waals surface area contributed by atoms with E-state index in [-0.39, 0.29) is 18.2 Å². The second-order valence-electron chi connectivity index (χ2n) is 6.71. The number of benzene rings is 1. The first kappa shape index (κ1) is 19.8. The van der Waals surface area contributed by atoms with Crippen LogP contribution in [0.2, 0.25) is 0 Å². The summed E-state index contributed by atoms with van der Waals surface area (Å²) in [5, 5.41) is 2.77. The van der Waals surface area contributed by atoms with Crippen LogP contribution >= 0.6 is 0 Å². The molecule has 0 bridgehead atoms. The van der Waals surface area contributed by atoms with Gasteiger partial charge in [0.2, 0.25) is 5.95 Å². The van der Waals surface area contributed by atoms with E-state index in [1.165, 1.54) is 6.42 Å². The van der Waals surface area contributed by atoms with Crippen molar-refractivity contribution in [2.45, 2.75) is 45.6 Å². The Hall–Kier alpha value is -2.96. The van der Waals surface area contributed by atoms with Gasteiger partial charge in [-0.25, -0.2) is 14.8 Å². The fourth-order valence-corrected chi connectivity index (χ4v) is 3.47. The Bertz CT molecular complexity index is 840. The average Bonchev–Trinajstić information content (AvgIpc) is 2.74. The van der Waals surface area contributed by atoms with Gasteiger partial charge in [0.05, 0.1) is 17.9 Å². The van der Waals surface area contributed by atoms with Crippen LogP contribution in [0.4, 0.5) is 11.6 Å². The summed E-state index contributed by atoms with van der Waals surface area (Å²) in [6.07, 6.45) is 6.05. The number of nitrogens with one attached hydrogen (secondary N) is 1. The zero-order valence-corrected chi connectivity index (χ0v) is 16.4. The molecular formula is C21H26N4O3. The van der Waals surface area contributed by atoms with Gasteiger partial charge in [-0.05, 0) is 50.8 Å². The van der Waals surface area contributed by atoms with Crippen molar-refractivity contribution < 1.29 is 14.3 Å². The highest BCUT2D eigenvalue weighted by Crippen LogP contribution is 2.24. The standard InChI is InChI=1S/C21H26N4O3/c1-3-15-9-7-8-14-25(15)21-22-13-12-18(24-21)19(26)23-17-11-6-5-10-16(17)20(27)28-4-2/h5-6,10-13,15H,3-4,7-9,14H2,1-2H3,(H,23,26). The zero-order chi connectivity index (χ0) is 19.9. The molecular weight excluding hydrogens is 356 g/mol. The van der Waals surface area contributed by atoms with Crippen molar-refractivity contribution in [3.05, 3.63) is 47.8 Å². The van der Waals surface area contributed by atoms with Gasteiger partial charge in [0.1, 0.15) is 5.69 Å². The molecule has 1 N–H and O–H groups in total. The molecule has 1 unspecified atom stereocenters. The molecule has 1 fully saturated rings. The third-order valence-corrected chi connectivity index (χ3v) is 4.90. The number of ether oxygens (including phenoxy) is 1. The van der Waals surface area contributed by atoms with E-state index in [1.54, 1.807) is 43.5 Å². The number of amides is 1. The zero-order valence-electron chi connectivity index (χ0n) is 16.4. The number of hydrogen-bond donors (Lipinski definition) is 1. The Morgan fingerprint density at radius 1 is 1.21 bits per heavy atom. The van der Waals surface area contributed by atoms with Crippen LogP contribution in [0.1, 0.15) is 60.4 Å². The van der Waals surface area contributed by atoms with E-state index in [1.807, 2.05) is 0 Å². The van der Waals surface area contributed by atoms with E-state index in [0.717, 1.165) is 25.8 Å². The summed E-state index contributed by atoms with van der Waals surface area (Å²) in [6, 6.07) is 8.76. The number of nitrogens with zero attached hydrogens (tertiary/aromatic N) is 3. The van der Waals surface area contributed by atoms with Gasteiger partial charge in [-0.3, -0.25) is 4.79 Å². The van der Waals surface area contributed by atoms with Gasteiger partial charge in [0.15, 0.2) is 0 Å². The largest absolute Gasteiger partial charge is 0.462 e. The topological polar surface area (TPSA) is 84.4 Å². The highest BCUT2D eigenvalue weighted by Gasteiger charge is 2.24. The molecule has 2 aromatic rings. The van der Waals surface area contributed by atoms with Crippen LogP contribution < -0.4 is 10.2 Å². The molecule has 148 valence electrons. The van der Waals surface area contributed by atoms with Crippen molar-refractivity contribution >= 4 is 23.5 Å². The molecule has 2 heterocycles. The van der Waals surface area contributed by atoms with E-state index in [0.29, 0.717) is 23.2 Å². The molecule has 28 heavy (non-hydrogen) atoms. The molecule has 3 rings (SSSR count). The quantitative estimate of drug-likeness (QED) is 0.767.